The maximum atomic E-state index is 11.9. The number of carboxylic acid groups (broad SMARTS) is 1. The first-order chi connectivity index (χ1) is 9.41. The molecule has 110 valence electrons. The maximum Gasteiger partial charge on any atom is 0.326 e. The Morgan fingerprint density at radius 3 is 2.45 bits per heavy atom. The van der Waals surface area contributed by atoms with Gasteiger partial charge in [-0.2, -0.15) is 0 Å². The zero-order valence-corrected chi connectivity index (χ0v) is 12.0. The summed E-state index contributed by atoms with van der Waals surface area (Å²) in [5.74, 6) is -1.18. The minimum absolute atomic E-state index is 0.162. The van der Waals surface area contributed by atoms with Crippen LogP contribution in [0.1, 0.15) is 19.4 Å². The Hall–Kier alpha value is -2.11. The van der Waals surface area contributed by atoms with Crippen LogP contribution >= 0.6 is 0 Å². The molecule has 0 aliphatic heterocycles. The highest BCUT2D eigenvalue weighted by Crippen LogP contribution is 2.03. The monoisotopic (exact) mass is 279 g/mol. The van der Waals surface area contributed by atoms with Crippen LogP contribution in [0.2, 0.25) is 0 Å². The van der Waals surface area contributed by atoms with Crippen molar-refractivity contribution < 1.29 is 14.7 Å². The second-order valence-electron chi connectivity index (χ2n) is 5.04. The highest BCUT2D eigenvalue weighted by Gasteiger charge is 2.24. The fourth-order valence-electron chi connectivity index (χ4n) is 1.70. The molecule has 6 heteroatoms. The maximum absolute atomic E-state index is 11.9. The number of hydrogen-bond acceptors (Lipinski definition) is 3. The average Bonchev–Trinajstić information content (AvgIpc) is 2.42. The van der Waals surface area contributed by atoms with E-state index in [1.54, 1.807) is 33.3 Å². The predicted octanol–water partition coefficient (Wildman–Crippen LogP) is 1.37. The summed E-state index contributed by atoms with van der Waals surface area (Å²) < 4.78 is 0. The van der Waals surface area contributed by atoms with E-state index < -0.39 is 12.0 Å². The Kier molecular flexibility index (Phi) is 5.96. The van der Waals surface area contributed by atoms with Gasteiger partial charge < -0.3 is 15.3 Å². The van der Waals surface area contributed by atoms with Crippen molar-refractivity contribution in [2.75, 3.05) is 13.6 Å². The fraction of sp³-hybridized carbons (Fsp3) is 0.500. The molecule has 0 fully saturated rings. The van der Waals surface area contributed by atoms with Gasteiger partial charge in [0, 0.05) is 26.0 Å². The van der Waals surface area contributed by atoms with Gasteiger partial charge in [0.05, 0.1) is 0 Å². The Bertz CT molecular complexity index is 448. The number of carbonyl (C=O) groups is 2. The number of carboxylic acids is 1. The number of rotatable bonds is 6. The van der Waals surface area contributed by atoms with Crippen molar-refractivity contribution in [1.29, 1.82) is 0 Å². The van der Waals surface area contributed by atoms with E-state index in [0.29, 0.717) is 13.0 Å². The Morgan fingerprint density at radius 1 is 1.35 bits per heavy atom. The fourth-order valence-corrected chi connectivity index (χ4v) is 1.70. The van der Waals surface area contributed by atoms with Gasteiger partial charge in [0.25, 0.3) is 0 Å². The van der Waals surface area contributed by atoms with Gasteiger partial charge in [-0.1, -0.05) is 13.8 Å². The summed E-state index contributed by atoms with van der Waals surface area (Å²) >= 11 is 0. The number of carbonyl (C=O) groups excluding carboxylic acids is 1. The molecule has 0 radical (unpaired) electrons. The van der Waals surface area contributed by atoms with Gasteiger partial charge in [0.15, 0.2) is 0 Å². The molecule has 2 amide bonds. The standard InChI is InChI=1S/C14H21N3O3/c1-10(2)12(13(18)19)16-14(20)17(3)9-6-11-4-7-15-8-5-11/h4-5,7-8,10,12H,6,9H2,1-3H3,(H,16,20)(H,18,19). The summed E-state index contributed by atoms with van der Waals surface area (Å²) in [6.45, 7) is 4.03. The summed E-state index contributed by atoms with van der Waals surface area (Å²) in [5.41, 5.74) is 1.08. The number of nitrogens with zero attached hydrogens (tertiary/aromatic N) is 2. The highest BCUT2D eigenvalue weighted by molar-refractivity contribution is 5.82. The summed E-state index contributed by atoms with van der Waals surface area (Å²) in [7, 11) is 1.65. The first kappa shape index (κ1) is 15.9. The van der Waals surface area contributed by atoms with Crippen LogP contribution in [0.5, 0.6) is 0 Å². The second kappa shape index (κ2) is 7.47. The van der Waals surface area contributed by atoms with E-state index in [4.69, 9.17) is 5.11 Å². The molecular weight excluding hydrogens is 258 g/mol. The van der Waals surface area contributed by atoms with E-state index in [1.807, 2.05) is 12.1 Å². The van der Waals surface area contributed by atoms with Crippen molar-refractivity contribution in [2.24, 2.45) is 5.92 Å². The molecule has 1 aromatic heterocycles. The van der Waals surface area contributed by atoms with Gasteiger partial charge in [-0.15, -0.1) is 0 Å². The van der Waals surface area contributed by atoms with E-state index in [0.717, 1.165) is 5.56 Å². The lowest BCUT2D eigenvalue weighted by molar-refractivity contribution is -0.140. The molecular formula is C14H21N3O3. The molecule has 2 N–H and O–H groups in total. The third kappa shape index (κ3) is 4.87. The predicted molar refractivity (Wildman–Crippen MR) is 75.4 cm³/mol. The van der Waals surface area contributed by atoms with Crippen molar-refractivity contribution >= 4 is 12.0 Å². The van der Waals surface area contributed by atoms with Gasteiger partial charge in [-0.05, 0) is 30.0 Å². The topological polar surface area (TPSA) is 82.5 Å². The third-order valence-corrected chi connectivity index (χ3v) is 3.04. The quantitative estimate of drug-likeness (QED) is 0.824. The molecule has 0 saturated heterocycles. The zero-order chi connectivity index (χ0) is 15.1. The molecule has 0 bridgehead atoms. The van der Waals surface area contributed by atoms with E-state index >= 15 is 0 Å². The van der Waals surface area contributed by atoms with Crippen molar-refractivity contribution in [3.63, 3.8) is 0 Å². The summed E-state index contributed by atoms with van der Waals surface area (Å²) in [4.78, 5) is 28.4. The SMILES string of the molecule is CC(C)C(NC(=O)N(C)CCc1ccncc1)C(=O)O. The Balaban J connectivity index is 2.48. The molecule has 0 aromatic carbocycles. The molecule has 0 spiro atoms. The molecule has 1 rings (SSSR count). The minimum atomic E-state index is -1.02. The van der Waals surface area contributed by atoms with Crippen LogP contribution in [-0.4, -0.2) is 46.6 Å². The highest BCUT2D eigenvalue weighted by atomic mass is 16.4. The van der Waals surface area contributed by atoms with Crippen molar-refractivity contribution in [3.05, 3.63) is 30.1 Å². The van der Waals surface area contributed by atoms with E-state index in [2.05, 4.69) is 10.3 Å². The van der Waals surface area contributed by atoms with E-state index in [-0.39, 0.29) is 11.9 Å². The van der Waals surface area contributed by atoms with Crippen LogP contribution < -0.4 is 5.32 Å². The number of likely N-dealkylation sites (N-methyl/N-ethyl adjacent to an activating group) is 1. The lowest BCUT2D eigenvalue weighted by Crippen LogP contribution is -2.49. The number of aromatic nitrogens is 1. The van der Waals surface area contributed by atoms with Crippen LogP contribution in [-0.2, 0) is 11.2 Å². The smallest absolute Gasteiger partial charge is 0.326 e. The average molecular weight is 279 g/mol. The van der Waals surface area contributed by atoms with Gasteiger partial charge in [0.2, 0.25) is 0 Å². The number of pyridine rings is 1. The Morgan fingerprint density at radius 2 is 1.95 bits per heavy atom. The molecule has 0 aliphatic rings. The molecule has 1 unspecified atom stereocenters. The molecule has 6 nitrogen and oxygen atoms in total. The number of amides is 2. The first-order valence-electron chi connectivity index (χ1n) is 6.55. The van der Waals surface area contributed by atoms with Crippen molar-refractivity contribution in [3.8, 4) is 0 Å². The van der Waals surface area contributed by atoms with Crippen LogP contribution in [0.3, 0.4) is 0 Å². The van der Waals surface area contributed by atoms with Crippen molar-refractivity contribution in [1.82, 2.24) is 15.2 Å². The van der Waals surface area contributed by atoms with Gasteiger partial charge in [0.1, 0.15) is 6.04 Å². The van der Waals surface area contributed by atoms with Crippen LogP contribution in [0.15, 0.2) is 24.5 Å². The number of hydrogen-bond donors (Lipinski definition) is 2. The van der Waals surface area contributed by atoms with Gasteiger partial charge in [-0.25, -0.2) is 9.59 Å². The lowest BCUT2D eigenvalue weighted by atomic mass is 10.1. The van der Waals surface area contributed by atoms with Gasteiger partial charge >= 0.3 is 12.0 Å². The second-order valence-corrected chi connectivity index (χ2v) is 5.04. The van der Waals surface area contributed by atoms with Crippen LogP contribution in [0.4, 0.5) is 4.79 Å². The Labute approximate surface area is 118 Å². The number of nitrogens with one attached hydrogen (secondary N) is 1. The van der Waals surface area contributed by atoms with E-state index in [9.17, 15) is 9.59 Å². The molecule has 1 aromatic rings. The van der Waals surface area contributed by atoms with Crippen LogP contribution in [0.25, 0.3) is 0 Å². The van der Waals surface area contributed by atoms with Gasteiger partial charge in [-0.3, -0.25) is 4.98 Å². The third-order valence-electron chi connectivity index (χ3n) is 3.04. The largest absolute Gasteiger partial charge is 0.480 e. The number of urea groups is 1. The molecule has 0 saturated carbocycles. The normalized spacial score (nSPS) is 12.0. The first-order valence-corrected chi connectivity index (χ1v) is 6.55. The lowest BCUT2D eigenvalue weighted by Gasteiger charge is -2.23. The summed E-state index contributed by atoms with van der Waals surface area (Å²) in [6.07, 6.45) is 4.11. The molecule has 20 heavy (non-hydrogen) atoms. The molecule has 0 aliphatic carbocycles. The van der Waals surface area contributed by atoms with Crippen molar-refractivity contribution in [2.45, 2.75) is 26.3 Å². The van der Waals surface area contributed by atoms with Crippen LogP contribution in [0, 0.1) is 5.92 Å². The van der Waals surface area contributed by atoms with E-state index in [1.165, 1.54) is 4.90 Å². The zero-order valence-electron chi connectivity index (χ0n) is 12.0. The minimum Gasteiger partial charge on any atom is -0.480 e. The summed E-state index contributed by atoms with van der Waals surface area (Å²) in [6, 6.07) is 2.53. The number of aliphatic carboxylic acids is 1. The molecule has 1 atom stereocenters. The molecule has 1 heterocycles. The summed E-state index contributed by atoms with van der Waals surface area (Å²) in [5, 5.41) is 11.6.